The van der Waals surface area contributed by atoms with Gasteiger partial charge in [-0.1, -0.05) is 11.6 Å². The Labute approximate surface area is 117 Å². The first kappa shape index (κ1) is 14.3. The summed E-state index contributed by atoms with van der Waals surface area (Å²) in [7, 11) is 0. The van der Waals surface area contributed by atoms with Crippen molar-refractivity contribution in [2.24, 2.45) is 5.92 Å². The highest BCUT2D eigenvalue weighted by Crippen LogP contribution is 2.16. The number of nitrogens with one attached hydrogen (secondary N) is 2. The minimum Gasteiger partial charge on any atom is -0.352 e. The van der Waals surface area contributed by atoms with Crippen LogP contribution in [0.2, 0.25) is 5.02 Å². The second-order valence-corrected chi connectivity index (χ2v) is 5.29. The lowest BCUT2D eigenvalue weighted by Gasteiger charge is -2.22. The first-order valence-electron chi connectivity index (χ1n) is 6.61. The van der Waals surface area contributed by atoms with Gasteiger partial charge in [-0.25, -0.2) is 4.39 Å². The van der Waals surface area contributed by atoms with Crippen molar-refractivity contribution in [3.63, 3.8) is 0 Å². The molecule has 5 heteroatoms. The maximum atomic E-state index is 13.0. The van der Waals surface area contributed by atoms with Crippen molar-refractivity contribution < 1.29 is 9.18 Å². The number of hydrogen-bond acceptors (Lipinski definition) is 2. The largest absolute Gasteiger partial charge is 0.352 e. The van der Waals surface area contributed by atoms with Crippen molar-refractivity contribution in [2.45, 2.75) is 19.3 Å². The molecule has 1 unspecified atom stereocenters. The number of carbonyl (C=O) groups excluding carboxylic acids is 1. The molecule has 2 rings (SSSR count). The molecule has 2 N–H and O–H groups in total. The smallest absolute Gasteiger partial charge is 0.251 e. The molecule has 1 saturated heterocycles. The minimum atomic E-state index is -0.508. The first-order valence-corrected chi connectivity index (χ1v) is 6.98. The molecule has 19 heavy (non-hydrogen) atoms. The Balaban J connectivity index is 1.78. The van der Waals surface area contributed by atoms with E-state index in [1.807, 2.05) is 0 Å². The predicted molar refractivity (Wildman–Crippen MR) is 74.0 cm³/mol. The molecule has 1 fully saturated rings. The van der Waals surface area contributed by atoms with Crippen LogP contribution in [0.3, 0.4) is 0 Å². The third-order valence-electron chi connectivity index (χ3n) is 3.42. The lowest BCUT2D eigenvalue weighted by molar-refractivity contribution is 0.0950. The van der Waals surface area contributed by atoms with E-state index in [0.29, 0.717) is 18.0 Å². The van der Waals surface area contributed by atoms with Gasteiger partial charge < -0.3 is 10.6 Å². The van der Waals surface area contributed by atoms with Gasteiger partial charge in [0.1, 0.15) is 5.82 Å². The molecule has 1 aromatic rings. The zero-order valence-electron chi connectivity index (χ0n) is 10.7. The summed E-state index contributed by atoms with van der Waals surface area (Å²) in [5, 5.41) is 6.17. The van der Waals surface area contributed by atoms with Crippen LogP contribution in [0.15, 0.2) is 18.2 Å². The SMILES string of the molecule is O=C(NCCC1CCCNC1)c1ccc(F)c(Cl)c1. The van der Waals surface area contributed by atoms with Crippen molar-refractivity contribution in [2.75, 3.05) is 19.6 Å². The first-order chi connectivity index (χ1) is 9.16. The number of carbonyl (C=O) groups is 1. The average molecular weight is 285 g/mol. The summed E-state index contributed by atoms with van der Waals surface area (Å²) in [5.74, 6) is -0.0805. The van der Waals surface area contributed by atoms with Gasteiger partial charge in [0, 0.05) is 12.1 Å². The average Bonchev–Trinajstić information content (AvgIpc) is 2.43. The van der Waals surface area contributed by atoms with Crippen molar-refractivity contribution in [3.05, 3.63) is 34.6 Å². The summed E-state index contributed by atoms with van der Waals surface area (Å²) in [5.41, 5.74) is 0.396. The van der Waals surface area contributed by atoms with Gasteiger partial charge in [0.05, 0.1) is 5.02 Å². The molecule has 1 aromatic carbocycles. The van der Waals surface area contributed by atoms with Crippen LogP contribution in [0.1, 0.15) is 29.6 Å². The fourth-order valence-corrected chi connectivity index (χ4v) is 2.48. The third kappa shape index (κ3) is 4.18. The Morgan fingerprint density at radius 2 is 2.37 bits per heavy atom. The fourth-order valence-electron chi connectivity index (χ4n) is 2.30. The Morgan fingerprint density at radius 1 is 1.53 bits per heavy atom. The summed E-state index contributed by atoms with van der Waals surface area (Å²) in [4.78, 5) is 11.8. The van der Waals surface area contributed by atoms with E-state index in [4.69, 9.17) is 11.6 Å². The highest BCUT2D eigenvalue weighted by molar-refractivity contribution is 6.31. The van der Waals surface area contributed by atoms with Gasteiger partial charge in [-0.05, 0) is 56.5 Å². The van der Waals surface area contributed by atoms with Gasteiger partial charge in [-0.2, -0.15) is 0 Å². The molecular weight excluding hydrogens is 267 g/mol. The molecule has 0 aliphatic carbocycles. The molecule has 1 amide bonds. The van der Waals surface area contributed by atoms with Gasteiger partial charge in [0.2, 0.25) is 0 Å². The number of piperidine rings is 1. The molecule has 1 aliphatic rings. The highest BCUT2D eigenvalue weighted by Gasteiger charge is 2.13. The molecule has 1 aliphatic heterocycles. The predicted octanol–water partition coefficient (Wildman–Crippen LogP) is 2.60. The summed E-state index contributed by atoms with van der Waals surface area (Å²) >= 11 is 5.65. The molecule has 0 radical (unpaired) electrons. The Hall–Kier alpha value is -1.13. The molecule has 0 saturated carbocycles. The highest BCUT2D eigenvalue weighted by atomic mass is 35.5. The second kappa shape index (κ2) is 6.87. The van der Waals surface area contributed by atoms with E-state index in [9.17, 15) is 9.18 Å². The number of amides is 1. The van der Waals surface area contributed by atoms with Crippen LogP contribution in [0.4, 0.5) is 4.39 Å². The lowest BCUT2D eigenvalue weighted by Crippen LogP contribution is -2.33. The molecule has 0 aromatic heterocycles. The van der Waals surface area contributed by atoms with Gasteiger partial charge in [-0.3, -0.25) is 4.79 Å². The number of hydrogen-bond donors (Lipinski definition) is 2. The van der Waals surface area contributed by atoms with E-state index >= 15 is 0 Å². The van der Waals surface area contributed by atoms with Crippen molar-refractivity contribution in [3.8, 4) is 0 Å². The summed E-state index contributed by atoms with van der Waals surface area (Å²) < 4.78 is 13.0. The third-order valence-corrected chi connectivity index (χ3v) is 3.71. The van der Waals surface area contributed by atoms with Crippen molar-refractivity contribution in [1.29, 1.82) is 0 Å². The Bertz CT molecular complexity index is 447. The minimum absolute atomic E-state index is 0.0240. The van der Waals surface area contributed by atoms with Crippen molar-refractivity contribution >= 4 is 17.5 Å². The van der Waals surface area contributed by atoms with Crippen LogP contribution in [0.5, 0.6) is 0 Å². The lowest BCUT2D eigenvalue weighted by atomic mass is 9.96. The Morgan fingerprint density at radius 3 is 3.05 bits per heavy atom. The molecule has 0 spiro atoms. The van der Waals surface area contributed by atoms with Gasteiger partial charge in [0.15, 0.2) is 0 Å². The molecule has 104 valence electrons. The number of halogens is 2. The quantitative estimate of drug-likeness (QED) is 0.892. The number of benzene rings is 1. The zero-order valence-corrected chi connectivity index (χ0v) is 11.5. The topological polar surface area (TPSA) is 41.1 Å². The summed E-state index contributed by atoms with van der Waals surface area (Å²) in [6.07, 6.45) is 3.38. The van der Waals surface area contributed by atoms with E-state index in [1.54, 1.807) is 0 Å². The fraction of sp³-hybridized carbons (Fsp3) is 0.500. The normalized spacial score (nSPS) is 19.2. The van der Waals surface area contributed by atoms with Gasteiger partial charge in [-0.15, -0.1) is 0 Å². The molecule has 0 bridgehead atoms. The van der Waals surface area contributed by atoms with Crippen LogP contribution >= 0.6 is 11.6 Å². The van der Waals surface area contributed by atoms with E-state index in [0.717, 1.165) is 19.5 Å². The molecule has 1 atom stereocenters. The van der Waals surface area contributed by atoms with Crippen LogP contribution in [-0.4, -0.2) is 25.5 Å². The standard InChI is InChI=1S/C14H18ClFN2O/c15-12-8-11(3-4-13(12)16)14(19)18-7-5-10-2-1-6-17-9-10/h3-4,8,10,17H,1-2,5-7,9H2,(H,18,19). The molecule has 1 heterocycles. The van der Waals surface area contributed by atoms with E-state index in [1.165, 1.54) is 31.0 Å². The van der Waals surface area contributed by atoms with E-state index in [-0.39, 0.29) is 10.9 Å². The second-order valence-electron chi connectivity index (χ2n) is 4.89. The monoisotopic (exact) mass is 284 g/mol. The van der Waals surface area contributed by atoms with Crippen LogP contribution in [0, 0.1) is 11.7 Å². The van der Waals surface area contributed by atoms with Crippen LogP contribution < -0.4 is 10.6 Å². The van der Waals surface area contributed by atoms with E-state index in [2.05, 4.69) is 10.6 Å². The zero-order chi connectivity index (χ0) is 13.7. The Kier molecular flexibility index (Phi) is 5.16. The molecule has 3 nitrogen and oxygen atoms in total. The maximum Gasteiger partial charge on any atom is 0.251 e. The van der Waals surface area contributed by atoms with Gasteiger partial charge in [0.25, 0.3) is 5.91 Å². The van der Waals surface area contributed by atoms with Gasteiger partial charge >= 0.3 is 0 Å². The van der Waals surface area contributed by atoms with E-state index < -0.39 is 5.82 Å². The van der Waals surface area contributed by atoms with Crippen molar-refractivity contribution in [1.82, 2.24) is 10.6 Å². The number of rotatable bonds is 4. The molecular formula is C14H18ClFN2O. The van der Waals surface area contributed by atoms with Crippen LogP contribution in [0.25, 0.3) is 0 Å². The maximum absolute atomic E-state index is 13.0. The summed E-state index contributed by atoms with van der Waals surface area (Å²) in [6, 6.07) is 4.01. The van der Waals surface area contributed by atoms with Crippen LogP contribution in [-0.2, 0) is 0 Å². The summed E-state index contributed by atoms with van der Waals surface area (Å²) in [6.45, 7) is 2.76.